The second-order valence-corrected chi connectivity index (χ2v) is 7.96. The first-order chi connectivity index (χ1) is 13.9. The summed E-state index contributed by atoms with van der Waals surface area (Å²) in [4.78, 5) is 29.6. The van der Waals surface area contributed by atoms with Crippen molar-refractivity contribution < 1.29 is 14.7 Å². The summed E-state index contributed by atoms with van der Waals surface area (Å²) in [5.41, 5.74) is 1.93. The molecule has 7 nitrogen and oxygen atoms in total. The number of rotatable bonds is 7. The van der Waals surface area contributed by atoms with Gasteiger partial charge >= 0.3 is 0 Å². The topological polar surface area (TPSA) is 76.1 Å². The van der Waals surface area contributed by atoms with Gasteiger partial charge in [0.1, 0.15) is 5.03 Å². The number of carbonyl (C=O) groups is 2. The molecule has 2 aliphatic rings. The molecule has 0 bridgehead atoms. The van der Waals surface area contributed by atoms with Crippen molar-refractivity contribution >= 4 is 40.7 Å². The van der Waals surface area contributed by atoms with Crippen molar-refractivity contribution in [3.63, 3.8) is 0 Å². The van der Waals surface area contributed by atoms with Crippen LogP contribution in [0.1, 0.15) is 18.9 Å². The van der Waals surface area contributed by atoms with Crippen LogP contribution in [0.4, 0.5) is 5.69 Å². The third kappa shape index (κ3) is 5.04. The van der Waals surface area contributed by atoms with E-state index in [1.54, 1.807) is 0 Å². The molecule has 2 N–H and O–H groups in total. The Kier molecular flexibility index (Phi) is 7.40. The number of nitrogens with zero attached hydrogens (tertiary/aromatic N) is 3. The molecule has 0 aromatic heterocycles. The van der Waals surface area contributed by atoms with Gasteiger partial charge in [0.05, 0.1) is 11.6 Å². The average Bonchev–Trinajstić information content (AvgIpc) is 2.92. The van der Waals surface area contributed by atoms with Crippen LogP contribution in [-0.2, 0) is 16.1 Å². The van der Waals surface area contributed by atoms with Crippen LogP contribution in [0.25, 0.3) is 0 Å². The van der Waals surface area contributed by atoms with Crippen LogP contribution >= 0.6 is 23.2 Å². The first-order valence-electron chi connectivity index (χ1n) is 9.79. The minimum absolute atomic E-state index is 0.0365. The molecule has 9 heteroatoms. The molecule has 2 amide bonds. The van der Waals surface area contributed by atoms with Crippen LogP contribution < -0.4 is 10.2 Å². The zero-order chi connectivity index (χ0) is 21.0. The lowest BCUT2D eigenvalue weighted by molar-refractivity contribution is -0.132. The molecule has 158 valence electrons. The van der Waals surface area contributed by atoms with Crippen molar-refractivity contribution in [1.82, 2.24) is 15.1 Å². The number of aliphatic hydroxyl groups is 1. The zero-order valence-electron chi connectivity index (χ0n) is 16.4. The molecule has 0 radical (unpaired) electrons. The van der Waals surface area contributed by atoms with E-state index >= 15 is 0 Å². The molecule has 1 atom stereocenters. The van der Waals surface area contributed by atoms with Crippen molar-refractivity contribution in [3.05, 3.63) is 39.9 Å². The Morgan fingerprint density at radius 3 is 2.38 bits per heavy atom. The van der Waals surface area contributed by atoms with E-state index in [1.165, 1.54) is 4.90 Å². The molecule has 29 heavy (non-hydrogen) atoms. The summed E-state index contributed by atoms with van der Waals surface area (Å²) < 4.78 is 0. The highest BCUT2D eigenvalue weighted by atomic mass is 35.5. The molecule has 0 spiro atoms. The predicted molar refractivity (Wildman–Crippen MR) is 114 cm³/mol. The Labute approximate surface area is 180 Å². The fourth-order valence-electron chi connectivity index (χ4n) is 3.45. The van der Waals surface area contributed by atoms with Gasteiger partial charge < -0.3 is 25.1 Å². The van der Waals surface area contributed by atoms with E-state index in [2.05, 4.69) is 17.1 Å². The number of amides is 2. The Balaban J connectivity index is 1.51. The number of hydrogen-bond acceptors (Lipinski definition) is 5. The Morgan fingerprint density at radius 1 is 1.17 bits per heavy atom. The summed E-state index contributed by atoms with van der Waals surface area (Å²) in [5, 5.41) is 13.0. The van der Waals surface area contributed by atoms with E-state index in [0.29, 0.717) is 19.6 Å². The molecule has 1 fully saturated rings. The molecule has 0 saturated carbocycles. The second-order valence-electron chi connectivity index (χ2n) is 7.18. The Bertz CT molecular complexity index is 776. The fourth-order valence-corrected chi connectivity index (χ4v) is 3.86. The maximum atomic E-state index is 12.2. The van der Waals surface area contributed by atoms with Crippen molar-refractivity contribution in [2.45, 2.75) is 26.1 Å². The van der Waals surface area contributed by atoms with Crippen molar-refractivity contribution in [2.75, 3.05) is 44.2 Å². The highest BCUT2D eigenvalue weighted by Crippen LogP contribution is 2.31. The summed E-state index contributed by atoms with van der Waals surface area (Å²) in [6.07, 6.45) is -0.188. The number of benzene rings is 1. The second kappa shape index (κ2) is 9.80. The predicted octanol–water partition coefficient (Wildman–Crippen LogP) is 1.68. The molecule has 1 aromatic carbocycles. The molecule has 3 rings (SSSR count). The van der Waals surface area contributed by atoms with Crippen LogP contribution in [0.2, 0.25) is 0 Å². The molecular formula is C20H26Cl2N4O3. The number of anilines is 1. The summed E-state index contributed by atoms with van der Waals surface area (Å²) in [5.74, 6) is -0.323. The van der Waals surface area contributed by atoms with Gasteiger partial charge in [-0.25, -0.2) is 0 Å². The first-order valence-corrected chi connectivity index (χ1v) is 10.5. The summed E-state index contributed by atoms with van der Waals surface area (Å²) in [7, 11) is 0. The Morgan fingerprint density at radius 2 is 1.83 bits per heavy atom. The lowest BCUT2D eigenvalue weighted by atomic mass is 10.1. The van der Waals surface area contributed by atoms with Gasteiger partial charge in [0.25, 0.3) is 5.91 Å². The van der Waals surface area contributed by atoms with Gasteiger partial charge in [-0.15, -0.1) is 0 Å². The highest BCUT2D eigenvalue weighted by Gasteiger charge is 2.36. The van der Waals surface area contributed by atoms with Crippen LogP contribution in [-0.4, -0.2) is 72.2 Å². The molecular weight excluding hydrogens is 415 g/mol. The number of piperazine rings is 1. The van der Waals surface area contributed by atoms with Gasteiger partial charge in [-0.3, -0.25) is 9.59 Å². The van der Waals surface area contributed by atoms with Crippen LogP contribution in [0.5, 0.6) is 0 Å². The van der Waals surface area contributed by atoms with Crippen LogP contribution in [0, 0.1) is 0 Å². The van der Waals surface area contributed by atoms with E-state index in [0.717, 1.165) is 37.3 Å². The number of hydrogen-bond donors (Lipinski definition) is 2. The van der Waals surface area contributed by atoms with E-state index in [9.17, 15) is 14.7 Å². The Hall–Kier alpha value is -1.80. The fraction of sp³-hybridized carbons (Fsp3) is 0.500. The van der Waals surface area contributed by atoms with Gasteiger partial charge in [0, 0.05) is 38.4 Å². The number of carbonyl (C=O) groups excluding carboxylic acids is 2. The van der Waals surface area contributed by atoms with Gasteiger partial charge in [-0.1, -0.05) is 42.3 Å². The third-order valence-electron chi connectivity index (χ3n) is 5.17. The van der Waals surface area contributed by atoms with Crippen molar-refractivity contribution in [1.29, 1.82) is 0 Å². The third-order valence-corrected chi connectivity index (χ3v) is 6.02. The number of aliphatic hydroxyl groups excluding tert-OH is 1. The summed E-state index contributed by atoms with van der Waals surface area (Å²) in [6.45, 7) is 6.50. The standard InChI is InChI=1S/C20H26Cl2N4O3/c1-2-7-23-12-16(27)25-10-8-24(9-11-25)15-5-3-14(4-6-15)13-26-19(28)17(21)18(22)20(26)29/h3-6,19,23,28H,2,7-13H2,1H3. The molecule has 2 aliphatic heterocycles. The van der Waals surface area contributed by atoms with Crippen LogP contribution in [0.15, 0.2) is 34.3 Å². The summed E-state index contributed by atoms with van der Waals surface area (Å²) in [6, 6.07) is 7.81. The van der Waals surface area contributed by atoms with Crippen molar-refractivity contribution in [3.8, 4) is 0 Å². The quantitative estimate of drug-likeness (QED) is 0.630. The SMILES string of the molecule is CCCNCC(=O)N1CCN(c2ccc(CN3C(=O)C(Cl)=C(Cl)C3O)cc2)CC1. The van der Waals surface area contributed by atoms with Crippen LogP contribution in [0.3, 0.4) is 0 Å². The molecule has 2 heterocycles. The van der Waals surface area contributed by atoms with Gasteiger partial charge in [0.15, 0.2) is 6.23 Å². The van der Waals surface area contributed by atoms with Gasteiger partial charge in [0.2, 0.25) is 5.91 Å². The lowest BCUT2D eigenvalue weighted by Gasteiger charge is -2.36. The van der Waals surface area contributed by atoms with E-state index in [-0.39, 0.29) is 22.5 Å². The smallest absolute Gasteiger partial charge is 0.269 e. The number of nitrogens with one attached hydrogen (secondary N) is 1. The van der Waals surface area contributed by atoms with E-state index < -0.39 is 12.1 Å². The molecule has 1 unspecified atom stereocenters. The monoisotopic (exact) mass is 440 g/mol. The van der Waals surface area contributed by atoms with Gasteiger partial charge in [-0.05, 0) is 30.7 Å². The first kappa shape index (κ1) is 21.9. The normalized spacial score (nSPS) is 20.1. The average molecular weight is 441 g/mol. The number of halogens is 2. The molecule has 1 saturated heterocycles. The lowest BCUT2D eigenvalue weighted by Crippen LogP contribution is -2.50. The zero-order valence-corrected chi connectivity index (χ0v) is 17.9. The molecule has 0 aliphatic carbocycles. The summed E-state index contributed by atoms with van der Waals surface area (Å²) >= 11 is 11.7. The minimum Gasteiger partial charge on any atom is -0.368 e. The molecule has 1 aromatic rings. The van der Waals surface area contributed by atoms with E-state index in [4.69, 9.17) is 23.2 Å². The van der Waals surface area contributed by atoms with E-state index in [1.807, 2.05) is 29.2 Å². The van der Waals surface area contributed by atoms with Crippen molar-refractivity contribution in [2.24, 2.45) is 0 Å². The maximum Gasteiger partial charge on any atom is 0.269 e. The largest absolute Gasteiger partial charge is 0.368 e. The minimum atomic E-state index is -1.20. The highest BCUT2D eigenvalue weighted by molar-refractivity contribution is 6.49. The van der Waals surface area contributed by atoms with Gasteiger partial charge in [-0.2, -0.15) is 0 Å². The maximum absolute atomic E-state index is 12.2.